The highest BCUT2D eigenvalue weighted by Crippen LogP contribution is 2.47. The van der Waals surface area contributed by atoms with Gasteiger partial charge in [-0.15, -0.1) is 0 Å². The van der Waals surface area contributed by atoms with Gasteiger partial charge in [0.15, 0.2) is 0 Å². The second-order valence-electron chi connectivity index (χ2n) is 6.38. The number of benzene rings is 1. The van der Waals surface area contributed by atoms with Crippen molar-refractivity contribution in [3.8, 4) is 17.1 Å². The number of fused-ring (bicyclic) bond motifs is 3. The van der Waals surface area contributed by atoms with Crippen molar-refractivity contribution in [2.45, 2.75) is 29.5 Å². The van der Waals surface area contributed by atoms with Gasteiger partial charge in [0.25, 0.3) is 5.56 Å². The maximum Gasteiger partial charge on any atom is 0.255 e. The number of carbonyl (C=O) groups is 1. The molecule has 1 aromatic heterocycles. The Labute approximate surface area is 149 Å². The van der Waals surface area contributed by atoms with Crippen LogP contribution in [0.4, 0.5) is 0 Å². The standard InChI is InChI=1S/C18H19N3O3S/c1-10(22)21-8-7-13-14(9-21)25-18-15(13)17(23)19-16(20-18)11-3-5-12(24-2)6-4-11/h3-6,13-14H,7-9H2,1-2H3,(H,19,20,23). The van der Waals surface area contributed by atoms with Gasteiger partial charge in [-0.3, -0.25) is 9.59 Å². The number of carbonyl (C=O) groups excluding carboxylic acids is 1. The van der Waals surface area contributed by atoms with E-state index in [-0.39, 0.29) is 22.6 Å². The van der Waals surface area contributed by atoms with Crippen LogP contribution in [0.25, 0.3) is 11.4 Å². The van der Waals surface area contributed by atoms with E-state index in [2.05, 4.69) is 4.98 Å². The fourth-order valence-corrected chi connectivity index (χ4v) is 5.05. The Morgan fingerprint density at radius 3 is 2.80 bits per heavy atom. The third-order valence-corrected chi connectivity index (χ3v) is 6.24. The van der Waals surface area contributed by atoms with Crippen molar-refractivity contribution in [1.82, 2.24) is 14.9 Å². The van der Waals surface area contributed by atoms with Gasteiger partial charge in [0.2, 0.25) is 5.91 Å². The summed E-state index contributed by atoms with van der Waals surface area (Å²) < 4.78 is 5.17. The first kappa shape index (κ1) is 16.2. The molecule has 1 saturated heterocycles. The molecule has 2 aliphatic rings. The fourth-order valence-electron chi connectivity index (χ4n) is 3.56. The average molecular weight is 357 g/mol. The van der Waals surface area contributed by atoms with Gasteiger partial charge in [0.1, 0.15) is 16.6 Å². The largest absolute Gasteiger partial charge is 0.497 e. The SMILES string of the molecule is COc1ccc(-c2nc3c(c(=O)[nH]2)C2CCN(C(C)=O)CC2S3)cc1. The van der Waals surface area contributed by atoms with Crippen molar-refractivity contribution in [2.75, 3.05) is 20.2 Å². The molecule has 1 aromatic carbocycles. The molecule has 2 unspecified atom stereocenters. The number of likely N-dealkylation sites (tertiary alicyclic amines) is 1. The summed E-state index contributed by atoms with van der Waals surface area (Å²) in [5, 5.41) is 1.02. The highest BCUT2D eigenvalue weighted by molar-refractivity contribution is 8.00. The van der Waals surface area contributed by atoms with Gasteiger partial charge in [0.05, 0.1) is 12.7 Å². The van der Waals surface area contributed by atoms with E-state index in [1.165, 1.54) is 0 Å². The number of amides is 1. The quantitative estimate of drug-likeness (QED) is 0.835. The number of nitrogens with one attached hydrogen (secondary N) is 1. The lowest BCUT2D eigenvalue weighted by Crippen LogP contribution is -2.42. The maximum atomic E-state index is 12.7. The van der Waals surface area contributed by atoms with Crippen molar-refractivity contribution >= 4 is 17.7 Å². The van der Waals surface area contributed by atoms with Gasteiger partial charge in [0, 0.05) is 36.7 Å². The second kappa shape index (κ2) is 6.22. The van der Waals surface area contributed by atoms with E-state index in [0.717, 1.165) is 28.3 Å². The van der Waals surface area contributed by atoms with E-state index >= 15 is 0 Å². The van der Waals surface area contributed by atoms with Crippen LogP contribution in [0.2, 0.25) is 0 Å². The molecule has 2 atom stereocenters. The van der Waals surface area contributed by atoms with Gasteiger partial charge in [-0.25, -0.2) is 4.98 Å². The summed E-state index contributed by atoms with van der Waals surface area (Å²) in [4.78, 5) is 33.8. The number of piperidine rings is 1. The molecule has 2 aromatic rings. The summed E-state index contributed by atoms with van der Waals surface area (Å²) in [5.74, 6) is 1.60. The molecule has 3 heterocycles. The molecule has 130 valence electrons. The van der Waals surface area contributed by atoms with Crippen molar-refractivity contribution in [2.24, 2.45) is 0 Å². The first-order chi connectivity index (χ1) is 12.1. The van der Waals surface area contributed by atoms with Crippen LogP contribution in [0, 0.1) is 0 Å². The van der Waals surface area contributed by atoms with E-state index in [9.17, 15) is 9.59 Å². The Kier molecular flexibility index (Phi) is 4.03. The number of rotatable bonds is 2. The monoisotopic (exact) mass is 357 g/mol. The number of aromatic nitrogens is 2. The summed E-state index contributed by atoms with van der Waals surface area (Å²) in [6.07, 6.45) is 0.816. The van der Waals surface area contributed by atoms with Crippen LogP contribution < -0.4 is 10.3 Å². The van der Waals surface area contributed by atoms with Gasteiger partial charge < -0.3 is 14.6 Å². The highest BCUT2D eigenvalue weighted by atomic mass is 32.2. The zero-order chi connectivity index (χ0) is 17.6. The van der Waals surface area contributed by atoms with E-state index in [4.69, 9.17) is 9.72 Å². The van der Waals surface area contributed by atoms with Crippen molar-refractivity contribution in [3.05, 3.63) is 40.2 Å². The molecular weight excluding hydrogens is 338 g/mol. The molecule has 6 nitrogen and oxygen atoms in total. The number of hydrogen-bond donors (Lipinski definition) is 1. The molecule has 25 heavy (non-hydrogen) atoms. The van der Waals surface area contributed by atoms with E-state index in [1.807, 2.05) is 29.2 Å². The number of H-pyrrole nitrogens is 1. The number of thioether (sulfide) groups is 1. The molecular formula is C18H19N3O3S. The predicted octanol–water partition coefficient (Wildman–Crippen LogP) is 2.26. The molecule has 0 spiro atoms. The van der Waals surface area contributed by atoms with Crippen molar-refractivity contribution in [3.63, 3.8) is 0 Å². The van der Waals surface area contributed by atoms with E-state index < -0.39 is 0 Å². The minimum atomic E-state index is -0.0629. The lowest BCUT2D eigenvalue weighted by Gasteiger charge is -2.33. The van der Waals surface area contributed by atoms with Crippen LogP contribution in [0.3, 0.4) is 0 Å². The van der Waals surface area contributed by atoms with E-state index in [1.54, 1.807) is 25.8 Å². The summed E-state index contributed by atoms with van der Waals surface area (Å²) in [6.45, 7) is 2.98. The fraction of sp³-hybridized carbons (Fsp3) is 0.389. The second-order valence-corrected chi connectivity index (χ2v) is 7.61. The molecule has 1 amide bonds. The van der Waals surface area contributed by atoms with Crippen LogP contribution >= 0.6 is 11.8 Å². The minimum absolute atomic E-state index is 0.0629. The van der Waals surface area contributed by atoms with Crippen molar-refractivity contribution < 1.29 is 9.53 Å². The van der Waals surface area contributed by atoms with Crippen LogP contribution in [-0.4, -0.2) is 46.2 Å². The Morgan fingerprint density at radius 1 is 1.36 bits per heavy atom. The van der Waals surface area contributed by atoms with E-state index in [0.29, 0.717) is 18.9 Å². The van der Waals surface area contributed by atoms with Gasteiger partial charge in [-0.1, -0.05) is 11.8 Å². The topological polar surface area (TPSA) is 75.3 Å². The molecule has 0 bridgehead atoms. The smallest absolute Gasteiger partial charge is 0.255 e. The maximum absolute atomic E-state index is 12.7. The molecule has 4 rings (SSSR count). The van der Waals surface area contributed by atoms with Gasteiger partial charge >= 0.3 is 0 Å². The number of nitrogens with zero attached hydrogens (tertiary/aromatic N) is 2. The number of aromatic amines is 1. The summed E-state index contributed by atoms with van der Waals surface area (Å²) in [6, 6.07) is 7.46. The Balaban J connectivity index is 1.67. The summed E-state index contributed by atoms with van der Waals surface area (Å²) in [7, 11) is 1.62. The zero-order valence-electron chi connectivity index (χ0n) is 14.1. The first-order valence-corrected chi connectivity index (χ1v) is 9.15. The summed E-state index contributed by atoms with van der Waals surface area (Å²) in [5.41, 5.74) is 1.57. The van der Waals surface area contributed by atoms with Crippen LogP contribution in [-0.2, 0) is 4.79 Å². The Morgan fingerprint density at radius 2 is 2.12 bits per heavy atom. The van der Waals surface area contributed by atoms with Crippen LogP contribution in [0.15, 0.2) is 34.1 Å². The highest BCUT2D eigenvalue weighted by Gasteiger charge is 2.41. The molecule has 2 aliphatic heterocycles. The Hall–Kier alpha value is -2.28. The minimum Gasteiger partial charge on any atom is -0.497 e. The average Bonchev–Trinajstić information content (AvgIpc) is 2.99. The van der Waals surface area contributed by atoms with Crippen molar-refractivity contribution in [1.29, 1.82) is 0 Å². The van der Waals surface area contributed by atoms with Gasteiger partial charge in [-0.2, -0.15) is 0 Å². The lowest BCUT2D eigenvalue weighted by atomic mass is 9.91. The number of hydrogen-bond acceptors (Lipinski definition) is 5. The lowest BCUT2D eigenvalue weighted by molar-refractivity contribution is -0.129. The number of ether oxygens (including phenoxy) is 1. The molecule has 1 N–H and O–H groups in total. The zero-order valence-corrected chi connectivity index (χ0v) is 14.9. The third-order valence-electron chi connectivity index (χ3n) is 4.92. The van der Waals surface area contributed by atoms with Gasteiger partial charge in [-0.05, 0) is 30.7 Å². The third kappa shape index (κ3) is 2.82. The molecule has 7 heteroatoms. The molecule has 0 aliphatic carbocycles. The number of methoxy groups -OCH3 is 1. The predicted molar refractivity (Wildman–Crippen MR) is 96.1 cm³/mol. The Bertz CT molecular complexity index is 878. The summed E-state index contributed by atoms with van der Waals surface area (Å²) >= 11 is 1.62. The van der Waals surface area contributed by atoms with Crippen LogP contribution in [0.5, 0.6) is 5.75 Å². The molecule has 0 radical (unpaired) electrons. The van der Waals surface area contributed by atoms with Crippen LogP contribution in [0.1, 0.15) is 24.8 Å². The normalized spacial score (nSPS) is 21.6. The first-order valence-electron chi connectivity index (χ1n) is 8.27. The molecule has 1 fully saturated rings. The molecule has 0 saturated carbocycles.